The second-order valence-corrected chi connectivity index (χ2v) is 8.11. The molecule has 132 valence electrons. The van der Waals surface area contributed by atoms with Crippen molar-refractivity contribution in [1.82, 2.24) is 5.32 Å². The fourth-order valence-electron chi connectivity index (χ4n) is 4.71. The van der Waals surface area contributed by atoms with E-state index in [1.165, 1.54) is 12.5 Å². The summed E-state index contributed by atoms with van der Waals surface area (Å²) >= 11 is 0. The van der Waals surface area contributed by atoms with Gasteiger partial charge in [-0.3, -0.25) is 4.79 Å². The first-order valence-electron chi connectivity index (χ1n) is 8.49. The van der Waals surface area contributed by atoms with Crippen LogP contribution in [0.2, 0.25) is 0 Å². The topological polar surface area (TPSA) is 29.1 Å². The predicted octanol–water partition coefficient (Wildman–Crippen LogP) is 4.58. The SMILES string of the molecule is CC1(C)[C@@H]2CC[C@@]1(C)[C@H](NC(=O)Cc1cccc(C(F)(F)F)c1)C2. The molecular weight excluding hydrogens is 315 g/mol. The molecule has 0 heterocycles. The number of rotatable bonds is 3. The van der Waals surface area contributed by atoms with Crippen LogP contribution in [0.5, 0.6) is 0 Å². The number of halogens is 3. The Morgan fingerprint density at radius 2 is 2.00 bits per heavy atom. The van der Waals surface area contributed by atoms with Crippen LogP contribution in [-0.2, 0) is 17.4 Å². The van der Waals surface area contributed by atoms with Gasteiger partial charge in [0.1, 0.15) is 0 Å². The molecule has 5 heteroatoms. The molecule has 0 radical (unpaired) electrons. The molecule has 0 unspecified atom stereocenters. The third-order valence-electron chi connectivity index (χ3n) is 6.75. The van der Waals surface area contributed by atoms with Crippen molar-refractivity contribution in [2.75, 3.05) is 0 Å². The van der Waals surface area contributed by atoms with Gasteiger partial charge in [-0.2, -0.15) is 13.2 Å². The fraction of sp³-hybridized carbons (Fsp3) is 0.632. The minimum absolute atomic E-state index is 0.0123. The van der Waals surface area contributed by atoms with Crippen molar-refractivity contribution in [2.24, 2.45) is 16.7 Å². The Bertz CT molecular complexity index is 652. The number of carbonyl (C=O) groups is 1. The second kappa shape index (κ2) is 5.50. The summed E-state index contributed by atoms with van der Waals surface area (Å²) in [7, 11) is 0. The van der Waals surface area contributed by atoms with Gasteiger partial charge >= 0.3 is 6.18 Å². The maximum atomic E-state index is 12.8. The summed E-state index contributed by atoms with van der Waals surface area (Å²) < 4.78 is 38.3. The van der Waals surface area contributed by atoms with Gasteiger partial charge in [-0.1, -0.05) is 39.0 Å². The van der Waals surface area contributed by atoms with Crippen LogP contribution in [0.15, 0.2) is 24.3 Å². The van der Waals surface area contributed by atoms with E-state index in [0.717, 1.165) is 25.0 Å². The molecule has 1 aromatic carbocycles. The average molecular weight is 339 g/mol. The number of hydrogen-bond donors (Lipinski definition) is 1. The Hall–Kier alpha value is -1.52. The van der Waals surface area contributed by atoms with Crippen molar-refractivity contribution in [3.63, 3.8) is 0 Å². The lowest BCUT2D eigenvalue weighted by Crippen LogP contribution is -2.47. The van der Waals surface area contributed by atoms with Gasteiger partial charge in [0.25, 0.3) is 0 Å². The van der Waals surface area contributed by atoms with Crippen LogP contribution in [0.3, 0.4) is 0 Å². The monoisotopic (exact) mass is 339 g/mol. The van der Waals surface area contributed by atoms with Gasteiger partial charge in [0.2, 0.25) is 5.91 Å². The Labute approximate surface area is 140 Å². The highest BCUT2D eigenvalue weighted by Crippen LogP contribution is 2.65. The van der Waals surface area contributed by atoms with Crippen molar-refractivity contribution in [3.05, 3.63) is 35.4 Å². The van der Waals surface area contributed by atoms with Crippen molar-refractivity contribution in [3.8, 4) is 0 Å². The standard InChI is InChI=1S/C19H24F3NO/c1-17(2)13-7-8-18(17,3)15(11-13)23-16(24)10-12-5-4-6-14(9-12)19(20,21)22/h4-6,9,13,15H,7-8,10-11H2,1-3H3,(H,23,24)/t13-,15-,18+/m1/s1. The van der Waals surface area contributed by atoms with Gasteiger partial charge in [-0.15, -0.1) is 0 Å². The summed E-state index contributed by atoms with van der Waals surface area (Å²) in [5.41, 5.74) is -0.0434. The molecule has 2 saturated carbocycles. The molecule has 2 fully saturated rings. The minimum Gasteiger partial charge on any atom is -0.353 e. The molecule has 2 nitrogen and oxygen atoms in total. The van der Waals surface area contributed by atoms with Crippen LogP contribution in [-0.4, -0.2) is 11.9 Å². The summed E-state index contributed by atoms with van der Waals surface area (Å²) in [4.78, 5) is 12.4. The molecule has 1 amide bonds. The third-order valence-corrected chi connectivity index (χ3v) is 6.75. The second-order valence-electron chi connectivity index (χ2n) is 8.11. The summed E-state index contributed by atoms with van der Waals surface area (Å²) in [6.45, 7) is 6.77. The Balaban J connectivity index is 1.67. The summed E-state index contributed by atoms with van der Waals surface area (Å²) in [5.74, 6) is 0.422. The average Bonchev–Trinajstić information content (AvgIpc) is 2.80. The molecule has 24 heavy (non-hydrogen) atoms. The van der Waals surface area contributed by atoms with E-state index >= 15 is 0 Å². The van der Waals surface area contributed by atoms with E-state index in [2.05, 4.69) is 26.1 Å². The molecule has 2 aliphatic carbocycles. The zero-order valence-corrected chi connectivity index (χ0v) is 14.3. The van der Waals surface area contributed by atoms with Crippen molar-refractivity contribution >= 4 is 5.91 Å². The molecule has 0 saturated heterocycles. The van der Waals surface area contributed by atoms with E-state index in [9.17, 15) is 18.0 Å². The molecular formula is C19H24F3NO. The number of alkyl halides is 3. The van der Waals surface area contributed by atoms with E-state index in [1.54, 1.807) is 6.07 Å². The highest BCUT2D eigenvalue weighted by Gasteiger charge is 2.61. The molecule has 0 spiro atoms. The number of benzene rings is 1. The molecule has 3 rings (SSSR count). The van der Waals surface area contributed by atoms with E-state index in [0.29, 0.717) is 11.5 Å². The summed E-state index contributed by atoms with van der Waals surface area (Å²) in [6, 6.07) is 5.13. The largest absolute Gasteiger partial charge is 0.416 e. The Morgan fingerprint density at radius 3 is 2.54 bits per heavy atom. The lowest BCUT2D eigenvalue weighted by molar-refractivity contribution is -0.137. The van der Waals surface area contributed by atoms with Crippen LogP contribution < -0.4 is 5.32 Å². The van der Waals surface area contributed by atoms with Crippen molar-refractivity contribution < 1.29 is 18.0 Å². The van der Waals surface area contributed by atoms with Gasteiger partial charge in [0.15, 0.2) is 0 Å². The minimum atomic E-state index is -4.38. The first-order chi connectivity index (χ1) is 11.0. The summed E-state index contributed by atoms with van der Waals surface area (Å²) in [6.07, 6.45) is -1.13. The Morgan fingerprint density at radius 1 is 1.29 bits per heavy atom. The quantitative estimate of drug-likeness (QED) is 0.858. The lowest BCUT2D eigenvalue weighted by Gasteiger charge is -2.39. The normalized spacial score (nSPS) is 31.2. The van der Waals surface area contributed by atoms with Crippen molar-refractivity contribution in [1.29, 1.82) is 0 Å². The molecule has 2 bridgehead atoms. The molecule has 3 atom stereocenters. The van der Waals surface area contributed by atoms with E-state index in [4.69, 9.17) is 0 Å². The van der Waals surface area contributed by atoms with Crippen LogP contribution in [0.4, 0.5) is 13.2 Å². The van der Waals surface area contributed by atoms with Crippen LogP contribution in [0.25, 0.3) is 0 Å². The fourth-order valence-corrected chi connectivity index (χ4v) is 4.71. The number of hydrogen-bond acceptors (Lipinski definition) is 1. The maximum Gasteiger partial charge on any atom is 0.416 e. The number of amides is 1. The van der Waals surface area contributed by atoms with Gasteiger partial charge in [0, 0.05) is 6.04 Å². The zero-order chi connectivity index (χ0) is 17.8. The van der Waals surface area contributed by atoms with Crippen LogP contribution >= 0.6 is 0 Å². The van der Waals surface area contributed by atoms with Crippen LogP contribution in [0.1, 0.15) is 51.2 Å². The van der Waals surface area contributed by atoms with E-state index in [-0.39, 0.29) is 29.2 Å². The lowest BCUT2D eigenvalue weighted by atomic mass is 9.69. The number of carbonyl (C=O) groups excluding carboxylic acids is 1. The molecule has 1 N–H and O–H groups in total. The molecule has 0 aromatic heterocycles. The zero-order valence-electron chi connectivity index (χ0n) is 14.3. The van der Waals surface area contributed by atoms with Gasteiger partial charge in [0.05, 0.1) is 12.0 Å². The third kappa shape index (κ3) is 2.72. The first kappa shape index (κ1) is 17.3. The number of fused-ring (bicyclic) bond motifs is 2. The van der Waals surface area contributed by atoms with Crippen LogP contribution in [0, 0.1) is 16.7 Å². The van der Waals surface area contributed by atoms with Gasteiger partial charge in [-0.05, 0) is 47.6 Å². The Kier molecular flexibility index (Phi) is 3.97. The van der Waals surface area contributed by atoms with Gasteiger partial charge in [-0.25, -0.2) is 0 Å². The highest BCUT2D eigenvalue weighted by molar-refractivity contribution is 5.79. The predicted molar refractivity (Wildman–Crippen MR) is 86.3 cm³/mol. The highest BCUT2D eigenvalue weighted by atomic mass is 19.4. The van der Waals surface area contributed by atoms with Gasteiger partial charge < -0.3 is 5.32 Å². The first-order valence-corrected chi connectivity index (χ1v) is 8.49. The number of nitrogens with one attached hydrogen (secondary N) is 1. The van der Waals surface area contributed by atoms with E-state index in [1.807, 2.05) is 0 Å². The summed E-state index contributed by atoms with van der Waals surface area (Å²) in [5, 5.41) is 3.09. The molecule has 0 aliphatic heterocycles. The van der Waals surface area contributed by atoms with E-state index < -0.39 is 11.7 Å². The van der Waals surface area contributed by atoms with Crippen molar-refractivity contribution in [2.45, 2.75) is 58.7 Å². The molecule has 2 aliphatic rings. The molecule has 1 aromatic rings. The smallest absolute Gasteiger partial charge is 0.353 e. The maximum absolute atomic E-state index is 12.8.